The smallest absolute Gasteiger partial charge is 0.234 e. The van der Waals surface area contributed by atoms with Crippen LogP contribution in [0.4, 0.5) is 10.1 Å². The number of hydrogen-bond donors (Lipinski definition) is 1. The van der Waals surface area contributed by atoms with E-state index in [1.54, 1.807) is 12.3 Å². The molecule has 152 valence electrons. The van der Waals surface area contributed by atoms with Crippen LogP contribution in [-0.4, -0.2) is 26.4 Å². The van der Waals surface area contributed by atoms with Crippen molar-refractivity contribution in [3.05, 3.63) is 76.9 Å². The van der Waals surface area contributed by atoms with Crippen LogP contribution in [0, 0.1) is 12.7 Å². The van der Waals surface area contributed by atoms with Crippen LogP contribution >= 0.6 is 27.7 Å². The van der Waals surface area contributed by atoms with Gasteiger partial charge in [-0.05, 0) is 43.3 Å². The Hall–Kier alpha value is -2.91. The lowest BCUT2D eigenvalue weighted by atomic mass is 10.2. The molecule has 6 nitrogen and oxygen atoms in total. The van der Waals surface area contributed by atoms with Gasteiger partial charge in [0.15, 0.2) is 11.0 Å². The van der Waals surface area contributed by atoms with E-state index in [0.717, 1.165) is 17.0 Å². The number of halogens is 2. The van der Waals surface area contributed by atoms with Crippen LogP contribution in [0.15, 0.2) is 74.9 Å². The molecule has 1 amide bonds. The van der Waals surface area contributed by atoms with Gasteiger partial charge in [0.1, 0.15) is 11.6 Å². The summed E-state index contributed by atoms with van der Waals surface area (Å²) in [4.78, 5) is 12.4. The summed E-state index contributed by atoms with van der Waals surface area (Å²) in [5.41, 5.74) is 1.81. The Bertz CT molecular complexity index is 1190. The number of amides is 1. The number of benzene rings is 2. The first-order valence-corrected chi connectivity index (χ1v) is 10.7. The quantitative estimate of drug-likeness (QED) is 0.366. The molecule has 0 spiro atoms. The summed E-state index contributed by atoms with van der Waals surface area (Å²) in [5, 5.41) is 11.7. The van der Waals surface area contributed by atoms with Crippen LogP contribution < -0.4 is 5.32 Å². The molecule has 2 aromatic heterocycles. The summed E-state index contributed by atoms with van der Waals surface area (Å²) >= 11 is 4.41. The summed E-state index contributed by atoms with van der Waals surface area (Å²) in [7, 11) is 0. The Kier molecular flexibility index (Phi) is 6.01. The van der Waals surface area contributed by atoms with Crippen LogP contribution in [0.3, 0.4) is 0 Å². The van der Waals surface area contributed by atoms with Crippen molar-refractivity contribution in [2.75, 3.05) is 11.1 Å². The average molecular weight is 487 g/mol. The third kappa shape index (κ3) is 4.31. The Morgan fingerprint density at radius 1 is 1.20 bits per heavy atom. The van der Waals surface area contributed by atoms with Crippen molar-refractivity contribution in [1.29, 1.82) is 0 Å². The summed E-state index contributed by atoms with van der Waals surface area (Å²) in [6.45, 7) is 1.85. The molecule has 0 aliphatic carbocycles. The number of aromatic nitrogens is 3. The van der Waals surface area contributed by atoms with E-state index in [9.17, 15) is 9.18 Å². The minimum atomic E-state index is -0.507. The summed E-state index contributed by atoms with van der Waals surface area (Å²) in [6, 6.07) is 15.9. The Morgan fingerprint density at radius 2 is 2.00 bits per heavy atom. The Balaban J connectivity index is 1.58. The van der Waals surface area contributed by atoms with E-state index in [1.165, 1.54) is 23.9 Å². The lowest BCUT2D eigenvalue weighted by Gasteiger charge is -2.10. The number of rotatable bonds is 6. The lowest BCUT2D eigenvalue weighted by molar-refractivity contribution is -0.113. The molecular weight excluding hydrogens is 471 g/mol. The second-order valence-electron chi connectivity index (χ2n) is 6.33. The highest BCUT2D eigenvalue weighted by atomic mass is 79.9. The summed E-state index contributed by atoms with van der Waals surface area (Å²) in [6.07, 6.45) is 1.60. The van der Waals surface area contributed by atoms with E-state index in [0.29, 0.717) is 15.5 Å². The SMILES string of the molecule is Cc1occc1-c1nnc(SCC(=O)Nc2ccc(Br)cc2F)n1-c1ccccc1. The molecule has 4 aromatic rings. The van der Waals surface area contributed by atoms with Crippen molar-refractivity contribution in [3.63, 3.8) is 0 Å². The number of nitrogens with one attached hydrogen (secondary N) is 1. The van der Waals surface area contributed by atoms with E-state index in [1.807, 2.05) is 47.9 Å². The molecule has 2 heterocycles. The van der Waals surface area contributed by atoms with Crippen molar-refractivity contribution in [1.82, 2.24) is 14.8 Å². The van der Waals surface area contributed by atoms with E-state index in [2.05, 4.69) is 31.4 Å². The fourth-order valence-corrected chi connectivity index (χ4v) is 3.96. The molecule has 0 unspecified atom stereocenters. The maximum atomic E-state index is 14.0. The fraction of sp³-hybridized carbons (Fsp3) is 0.0952. The number of hydrogen-bond acceptors (Lipinski definition) is 5. The van der Waals surface area contributed by atoms with Crippen LogP contribution in [0.1, 0.15) is 5.76 Å². The zero-order valence-electron chi connectivity index (χ0n) is 15.8. The van der Waals surface area contributed by atoms with Crippen molar-refractivity contribution in [2.24, 2.45) is 0 Å². The summed E-state index contributed by atoms with van der Waals surface area (Å²) < 4.78 is 21.9. The number of para-hydroxylation sites is 1. The minimum absolute atomic E-state index is 0.0465. The third-order valence-corrected chi connectivity index (χ3v) is 5.71. The van der Waals surface area contributed by atoms with E-state index >= 15 is 0 Å². The molecule has 1 N–H and O–H groups in total. The number of aryl methyl sites for hydroxylation is 1. The van der Waals surface area contributed by atoms with Gasteiger partial charge in [0.05, 0.1) is 23.3 Å². The van der Waals surface area contributed by atoms with Gasteiger partial charge in [0.2, 0.25) is 5.91 Å². The lowest BCUT2D eigenvalue weighted by Crippen LogP contribution is -2.15. The molecule has 4 rings (SSSR count). The van der Waals surface area contributed by atoms with Gasteiger partial charge in [-0.25, -0.2) is 4.39 Å². The second kappa shape index (κ2) is 8.85. The molecule has 0 radical (unpaired) electrons. The zero-order chi connectivity index (χ0) is 21.1. The number of nitrogens with zero attached hydrogens (tertiary/aromatic N) is 3. The Labute approximate surface area is 184 Å². The predicted octanol–water partition coefficient (Wildman–Crippen LogP) is 5.47. The highest BCUT2D eigenvalue weighted by molar-refractivity contribution is 9.10. The number of carbonyl (C=O) groups is 1. The normalized spacial score (nSPS) is 10.9. The van der Waals surface area contributed by atoms with Gasteiger partial charge >= 0.3 is 0 Å². The topological polar surface area (TPSA) is 72.9 Å². The number of furan rings is 1. The van der Waals surface area contributed by atoms with Crippen molar-refractivity contribution >= 4 is 39.3 Å². The molecule has 9 heteroatoms. The molecule has 0 aliphatic rings. The van der Waals surface area contributed by atoms with Gasteiger partial charge in [0, 0.05) is 10.2 Å². The minimum Gasteiger partial charge on any atom is -0.469 e. The monoisotopic (exact) mass is 486 g/mol. The molecule has 0 bridgehead atoms. The molecule has 0 atom stereocenters. The first kappa shape index (κ1) is 20.4. The van der Waals surface area contributed by atoms with Gasteiger partial charge in [-0.1, -0.05) is 45.9 Å². The highest BCUT2D eigenvalue weighted by Gasteiger charge is 2.20. The number of thioether (sulfide) groups is 1. The van der Waals surface area contributed by atoms with Gasteiger partial charge in [-0.2, -0.15) is 0 Å². The fourth-order valence-electron chi connectivity index (χ4n) is 2.87. The van der Waals surface area contributed by atoms with E-state index < -0.39 is 5.82 Å². The maximum Gasteiger partial charge on any atom is 0.234 e. The van der Waals surface area contributed by atoms with Gasteiger partial charge in [0.25, 0.3) is 0 Å². The van der Waals surface area contributed by atoms with Crippen LogP contribution in [0.25, 0.3) is 17.1 Å². The third-order valence-electron chi connectivity index (χ3n) is 4.29. The molecule has 0 fully saturated rings. The second-order valence-corrected chi connectivity index (χ2v) is 8.19. The Morgan fingerprint density at radius 3 is 2.70 bits per heavy atom. The molecule has 0 saturated heterocycles. The van der Waals surface area contributed by atoms with E-state index in [4.69, 9.17) is 4.42 Å². The zero-order valence-corrected chi connectivity index (χ0v) is 18.2. The molecule has 2 aromatic carbocycles. The van der Waals surface area contributed by atoms with E-state index in [-0.39, 0.29) is 17.3 Å². The molecular formula is C21H16BrFN4O2S. The highest BCUT2D eigenvalue weighted by Crippen LogP contribution is 2.30. The van der Waals surface area contributed by atoms with Crippen LogP contribution in [0.5, 0.6) is 0 Å². The largest absolute Gasteiger partial charge is 0.469 e. The van der Waals surface area contributed by atoms with Gasteiger partial charge in [-0.3, -0.25) is 9.36 Å². The van der Waals surface area contributed by atoms with Crippen molar-refractivity contribution < 1.29 is 13.6 Å². The maximum absolute atomic E-state index is 14.0. The molecule has 30 heavy (non-hydrogen) atoms. The van der Waals surface area contributed by atoms with Crippen molar-refractivity contribution in [3.8, 4) is 17.1 Å². The molecule has 0 aliphatic heterocycles. The predicted molar refractivity (Wildman–Crippen MR) is 117 cm³/mol. The average Bonchev–Trinajstić information content (AvgIpc) is 3.35. The van der Waals surface area contributed by atoms with Crippen LogP contribution in [0.2, 0.25) is 0 Å². The first-order chi connectivity index (χ1) is 14.5. The standard InChI is InChI=1S/C21H16BrFN4O2S/c1-13-16(9-10-29-13)20-25-26-21(27(20)15-5-3-2-4-6-15)30-12-19(28)24-18-8-7-14(22)11-17(18)23/h2-11H,12H2,1H3,(H,24,28). The first-order valence-electron chi connectivity index (χ1n) is 8.96. The number of carbonyl (C=O) groups excluding carboxylic acids is 1. The molecule has 0 saturated carbocycles. The van der Waals surface area contributed by atoms with Crippen LogP contribution in [-0.2, 0) is 4.79 Å². The summed E-state index contributed by atoms with van der Waals surface area (Å²) in [5.74, 6) is 0.539. The number of anilines is 1. The van der Waals surface area contributed by atoms with Gasteiger partial charge < -0.3 is 9.73 Å². The van der Waals surface area contributed by atoms with Crippen molar-refractivity contribution in [2.45, 2.75) is 12.1 Å². The van der Waals surface area contributed by atoms with Gasteiger partial charge in [-0.15, -0.1) is 10.2 Å².